The number of phenols is 1. The van der Waals surface area contributed by atoms with Gasteiger partial charge in [-0.25, -0.2) is 0 Å². The monoisotopic (exact) mass is 637 g/mol. The summed E-state index contributed by atoms with van der Waals surface area (Å²) in [7, 11) is 0. The fourth-order valence-corrected chi connectivity index (χ4v) is 6.50. The molecular weight excluding hydrogens is 602 g/mol. The summed E-state index contributed by atoms with van der Waals surface area (Å²) < 4.78 is 15.0. The number of thioether (sulfide) groups is 1. The molecule has 2 heterocycles. The molecule has 4 aromatic carbocycles. The third kappa shape index (κ3) is 7.29. The second kappa shape index (κ2) is 14.3. The van der Waals surface area contributed by atoms with E-state index in [-0.39, 0.29) is 36.4 Å². The molecule has 0 aliphatic carbocycles. The number of aromatic nitrogens is 4. The van der Waals surface area contributed by atoms with Crippen molar-refractivity contribution >= 4 is 17.7 Å². The second-order valence-electron chi connectivity index (χ2n) is 11.3. The van der Waals surface area contributed by atoms with Crippen molar-refractivity contribution in [2.75, 3.05) is 5.75 Å². The fraction of sp³-hybridized carbons (Fsp3) is 0.257. The van der Waals surface area contributed by atoms with Gasteiger partial charge in [0.1, 0.15) is 5.75 Å². The zero-order valence-electron chi connectivity index (χ0n) is 25.5. The van der Waals surface area contributed by atoms with E-state index in [0.717, 1.165) is 39.1 Å². The number of carbonyl (C=O) groups excluding carboxylic acids is 1. The summed E-state index contributed by atoms with van der Waals surface area (Å²) in [6, 6.07) is 30.8. The number of phenolic OH excluding ortho intramolecular Hbond substituents is 1. The maximum atomic E-state index is 11.4. The highest BCUT2D eigenvalue weighted by molar-refractivity contribution is 7.99. The van der Waals surface area contributed by atoms with Crippen molar-refractivity contribution in [1.29, 1.82) is 0 Å². The van der Waals surface area contributed by atoms with Crippen molar-refractivity contribution in [3.63, 3.8) is 0 Å². The Kier molecular flexibility index (Phi) is 9.74. The zero-order valence-corrected chi connectivity index (χ0v) is 26.3. The summed E-state index contributed by atoms with van der Waals surface area (Å²) in [5.74, 6) is 0.644. The summed E-state index contributed by atoms with van der Waals surface area (Å²) in [5, 5.41) is 35.0. The van der Waals surface area contributed by atoms with Crippen LogP contribution in [0.4, 0.5) is 0 Å². The lowest BCUT2D eigenvalue weighted by Crippen LogP contribution is -2.38. The number of ether oxygens (including phenoxy) is 2. The van der Waals surface area contributed by atoms with Gasteiger partial charge in [-0.3, -0.25) is 4.79 Å². The van der Waals surface area contributed by atoms with Crippen molar-refractivity contribution < 1.29 is 24.5 Å². The predicted octanol–water partition coefficient (Wildman–Crippen LogP) is 5.75. The number of carbonyl (C=O) groups is 1. The molecule has 4 atom stereocenters. The minimum atomic E-state index is -0.639. The summed E-state index contributed by atoms with van der Waals surface area (Å²) in [6.45, 7) is 4.06. The van der Waals surface area contributed by atoms with Crippen molar-refractivity contribution in [1.82, 2.24) is 25.5 Å². The van der Waals surface area contributed by atoms with Crippen molar-refractivity contribution in [2.24, 2.45) is 5.92 Å². The number of rotatable bonds is 10. The molecule has 236 valence electrons. The molecule has 1 saturated heterocycles. The van der Waals surface area contributed by atoms with Crippen LogP contribution in [0.15, 0.2) is 102 Å². The van der Waals surface area contributed by atoms with E-state index >= 15 is 0 Å². The molecule has 11 heteroatoms. The molecule has 6 rings (SSSR count). The second-order valence-corrected chi connectivity index (χ2v) is 12.2. The Morgan fingerprint density at radius 1 is 0.913 bits per heavy atom. The van der Waals surface area contributed by atoms with E-state index in [1.54, 1.807) is 28.9 Å². The number of hydrogen-bond donors (Lipinski definition) is 3. The fourth-order valence-electron chi connectivity index (χ4n) is 5.44. The average Bonchev–Trinajstić information content (AvgIpc) is 3.56. The lowest BCUT2D eigenvalue weighted by atomic mass is 9.91. The van der Waals surface area contributed by atoms with Crippen molar-refractivity contribution in [2.45, 2.75) is 50.7 Å². The highest BCUT2D eigenvalue weighted by Crippen LogP contribution is 2.43. The Morgan fingerprint density at radius 3 is 2.39 bits per heavy atom. The lowest BCUT2D eigenvalue weighted by Gasteiger charge is -2.41. The van der Waals surface area contributed by atoms with Gasteiger partial charge < -0.3 is 25.0 Å². The van der Waals surface area contributed by atoms with Gasteiger partial charge in [0.15, 0.2) is 6.29 Å². The third-order valence-electron chi connectivity index (χ3n) is 8.00. The number of tetrazole rings is 1. The molecule has 1 aliphatic heterocycles. The van der Waals surface area contributed by atoms with Gasteiger partial charge in [0.2, 0.25) is 11.1 Å². The highest BCUT2D eigenvalue weighted by Gasteiger charge is 2.38. The Labute approximate surface area is 271 Å². The SMILES string of the molecule is CC(=O)NCc1cccc(-c2cccc([C@@H]3O[C@H](CSc4nnnn4-c4ccc(O)cc4)[C@H](C)[C@H](c4ccc(CO)cc4)O3)c2)c1. The van der Waals surface area contributed by atoms with Crippen LogP contribution in [-0.4, -0.2) is 48.2 Å². The smallest absolute Gasteiger partial charge is 0.217 e. The molecule has 0 radical (unpaired) electrons. The molecule has 0 spiro atoms. The molecular formula is C35H35N5O5S. The molecule has 46 heavy (non-hydrogen) atoms. The Bertz CT molecular complexity index is 1780. The number of nitrogens with zero attached hydrogens (tertiary/aromatic N) is 4. The van der Waals surface area contributed by atoms with Gasteiger partial charge in [-0.15, -0.1) is 5.10 Å². The molecule has 0 unspecified atom stereocenters. The normalized spacial score (nSPS) is 19.5. The number of aromatic hydroxyl groups is 1. The van der Waals surface area contributed by atoms with Gasteiger partial charge in [0.25, 0.3) is 0 Å². The van der Waals surface area contributed by atoms with Gasteiger partial charge in [-0.1, -0.05) is 79.3 Å². The zero-order chi connectivity index (χ0) is 32.0. The first-order chi connectivity index (χ1) is 22.4. The molecule has 0 saturated carbocycles. The van der Waals surface area contributed by atoms with E-state index in [2.05, 4.69) is 39.9 Å². The summed E-state index contributed by atoms with van der Waals surface area (Å²) in [4.78, 5) is 11.4. The highest BCUT2D eigenvalue weighted by atomic mass is 32.2. The van der Waals surface area contributed by atoms with Crippen LogP contribution in [0.5, 0.6) is 5.75 Å². The summed E-state index contributed by atoms with van der Waals surface area (Å²) in [5.41, 5.74) is 6.51. The molecule has 3 N–H and O–H groups in total. The van der Waals surface area contributed by atoms with E-state index in [1.165, 1.54) is 18.7 Å². The summed E-state index contributed by atoms with van der Waals surface area (Å²) in [6.07, 6.45) is -1.13. The number of amides is 1. The quantitative estimate of drug-likeness (QED) is 0.164. The molecule has 1 amide bonds. The van der Waals surface area contributed by atoms with Crippen LogP contribution < -0.4 is 5.32 Å². The molecule has 1 aromatic heterocycles. The van der Waals surface area contributed by atoms with Gasteiger partial charge in [-0.2, -0.15) is 4.68 Å². The Balaban J connectivity index is 1.27. The van der Waals surface area contributed by atoms with Crippen molar-refractivity contribution in [3.8, 4) is 22.6 Å². The van der Waals surface area contributed by atoms with Gasteiger partial charge >= 0.3 is 0 Å². The van der Waals surface area contributed by atoms with Crippen LogP contribution in [0.25, 0.3) is 16.8 Å². The molecule has 0 bridgehead atoms. The van der Waals surface area contributed by atoms with Gasteiger partial charge in [0.05, 0.1) is 24.5 Å². The number of benzene rings is 4. The van der Waals surface area contributed by atoms with Crippen LogP contribution in [0.3, 0.4) is 0 Å². The summed E-state index contributed by atoms with van der Waals surface area (Å²) >= 11 is 1.49. The van der Waals surface area contributed by atoms with Crippen molar-refractivity contribution in [3.05, 3.63) is 119 Å². The van der Waals surface area contributed by atoms with Crippen LogP contribution in [0, 0.1) is 5.92 Å². The molecule has 1 aliphatic rings. The average molecular weight is 638 g/mol. The van der Waals surface area contributed by atoms with Gasteiger partial charge in [0, 0.05) is 30.7 Å². The van der Waals surface area contributed by atoms with Gasteiger partial charge in [-0.05, 0) is 74.6 Å². The predicted molar refractivity (Wildman–Crippen MR) is 174 cm³/mol. The largest absolute Gasteiger partial charge is 0.508 e. The topological polar surface area (TPSA) is 132 Å². The number of hydrogen-bond acceptors (Lipinski definition) is 9. The van der Waals surface area contributed by atoms with E-state index in [1.807, 2.05) is 60.7 Å². The van der Waals surface area contributed by atoms with Crippen LogP contribution in [0.2, 0.25) is 0 Å². The molecule has 5 aromatic rings. The minimum absolute atomic E-state index is 0.0182. The standard InChI is InChI=1S/C35H35N5O5S/c1-22-32(21-46-35-37-38-39-40(35)30-13-15-31(43)16-14-30)44-34(45-33(22)26-11-9-24(20-41)10-12-26)29-8-4-7-28(18-29)27-6-3-5-25(17-27)19-36-23(2)42/h3-18,22,32-34,41,43H,19-21H2,1-2H3,(H,36,42)/t22-,32+,33+,34+/m0/s1. The molecule has 1 fully saturated rings. The number of aliphatic hydroxyl groups is 1. The Morgan fingerprint density at radius 2 is 1.65 bits per heavy atom. The van der Waals surface area contributed by atoms with E-state index < -0.39 is 6.29 Å². The first-order valence-corrected chi connectivity index (χ1v) is 16.0. The van der Waals surface area contributed by atoms with Crippen LogP contribution in [0.1, 0.15) is 48.5 Å². The lowest BCUT2D eigenvalue weighted by molar-refractivity contribution is -0.268. The van der Waals surface area contributed by atoms with E-state index in [4.69, 9.17) is 9.47 Å². The first kappa shape index (κ1) is 31.4. The number of aliphatic hydroxyl groups excluding tert-OH is 1. The number of nitrogens with one attached hydrogen (secondary N) is 1. The maximum absolute atomic E-state index is 11.4. The maximum Gasteiger partial charge on any atom is 0.217 e. The van der Waals surface area contributed by atoms with Crippen LogP contribution in [-0.2, 0) is 27.4 Å². The van der Waals surface area contributed by atoms with Crippen LogP contribution >= 0.6 is 11.8 Å². The minimum Gasteiger partial charge on any atom is -0.508 e. The van der Waals surface area contributed by atoms with E-state index in [0.29, 0.717) is 17.5 Å². The Hall–Kier alpha value is -4.55. The molecule has 10 nitrogen and oxygen atoms in total. The third-order valence-corrected chi connectivity index (χ3v) is 9.00. The van der Waals surface area contributed by atoms with E-state index in [9.17, 15) is 15.0 Å². The first-order valence-electron chi connectivity index (χ1n) is 15.0.